The zero-order chi connectivity index (χ0) is 17.5. The van der Waals surface area contributed by atoms with Gasteiger partial charge in [0.05, 0.1) is 12.9 Å². The summed E-state index contributed by atoms with van der Waals surface area (Å²) < 4.78 is 17.4. The van der Waals surface area contributed by atoms with Crippen molar-refractivity contribution >= 4 is 0 Å². The van der Waals surface area contributed by atoms with Gasteiger partial charge >= 0.3 is 0 Å². The van der Waals surface area contributed by atoms with Gasteiger partial charge in [-0.3, -0.25) is 0 Å². The average molecular weight is 345 g/mol. The minimum absolute atomic E-state index is 0.705. The highest BCUT2D eigenvalue weighted by Gasteiger charge is 2.30. The number of benzene rings is 1. The summed E-state index contributed by atoms with van der Waals surface area (Å²) in [6, 6.07) is 9.06. The van der Waals surface area contributed by atoms with Crippen molar-refractivity contribution in [2.45, 2.75) is 70.3 Å². The molecular formula is C23H33FO. The molecule has 0 atom stereocenters. The molecule has 0 unspecified atom stereocenters. The van der Waals surface area contributed by atoms with Crippen LogP contribution in [-0.4, -0.2) is 7.11 Å². The smallest absolute Gasteiger partial charge is 0.0827 e. The third kappa shape index (κ3) is 5.17. The molecule has 0 amide bonds. The molecule has 0 radical (unpaired) electrons. The van der Waals surface area contributed by atoms with E-state index < -0.39 is 0 Å². The Bertz CT molecular complexity index is 520. The van der Waals surface area contributed by atoms with E-state index in [1.165, 1.54) is 62.5 Å². The van der Waals surface area contributed by atoms with Gasteiger partial charge in [0.1, 0.15) is 0 Å². The highest BCUT2D eigenvalue weighted by atomic mass is 19.1. The summed E-state index contributed by atoms with van der Waals surface area (Å²) in [5.41, 5.74) is 2.78. The highest BCUT2D eigenvalue weighted by Crippen LogP contribution is 2.44. The number of methoxy groups -OCH3 is 1. The summed E-state index contributed by atoms with van der Waals surface area (Å²) in [6.45, 7) is 0.705. The molecule has 0 aliphatic heterocycles. The maximum absolute atomic E-state index is 12.2. The molecule has 2 fully saturated rings. The molecule has 138 valence electrons. The zero-order valence-electron chi connectivity index (χ0n) is 15.6. The maximum atomic E-state index is 12.2. The number of ether oxygens (including phenoxy) is 1. The number of halogens is 1. The number of allylic oxidation sites excluding steroid dienone is 1. The molecule has 1 aromatic carbocycles. The van der Waals surface area contributed by atoms with Crippen molar-refractivity contribution in [2.75, 3.05) is 7.11 Å². The summed E-state index contributed by atoms with van der Waals surface area (Å²) in [7, 11) is 1.75. The van der Waals surface area contributed by atoms with Crippen molar-refractivity contribution in [3.05, 3.63) is 47.8 Å². The van der Waals surface area contributed by atoms with E-state index in [4.69, 9.17) is 4.74 Å². The van der Waals surface area contributed by atoms with Gasteiger partial charge in [-0.2, -0.15) is 0 Å². The summed E-state index contributed by atoms with van der Waals surface area (Å²) in [6.07, 6.45) is 14.2. The van der Waals surface area contributed by atoms with Crippen LogP contribution in [0.1, 0.15) is 74.8 Å². The van der Waals surface area contributed by atoms with Crippen LogP contribution in [0.2, 0.25) is 0 Å². The standard InChI is InChI=1S/C23H33FO/c1-25-17-19-6-10-21(11-7-19)23-14-12-22(13-15-23)20-8-4-18(5-9-20)3-2-16-24/h2,6-7,10-11,16,18,20,22-23H,3-5,8-9,12-15,17H2,1H3/b16-2+/t18-,20-,22-,23-. The van der Waals surface area contributed by atoms with Crippen LogP contribution in [0.4, 0.5) is 4.39 Å². The van der Waals surface area contributed by atoms with Crippen LogP contribution < -0.4 is 0 Å². The lowest BCUT2D eigenvalue weighted by molar-refractivity contribution is 0.160. The predicted molar refractivity (Wildman–Crippen MR) is 102 cm³/mol. The molecule has 2 saturated carbocycles. The first-order valence-electron chi connectivity index (χ1n) is 10.1. The van der Waals surface area contributed by atoms with Crippen LogP contribution >= 0.6 is 0 Å². The molecule has 1 nitrogen and oxygen atoms in total. The molecule has 0 bridgehead atoms. The van der Waals surface area contributed by atoms with Crippen LogP contribution in [0.5, 0.6) is 0 Å². The van der Waals surface area contributed by atoms with E-state index in [0.29, 0.717) is 6.61 Å². The van der Waals surface area contributed by atoms with E-state index in [-0.39, 0.29) is 0 Å². The van der Waals surface area contributed by atoms with Gasteiger partial charge in [0.25, 0.3) is 0 Å². The maximum Gasteiger partial charge on any atom is 0.0827 e. The Hall–Kier alpha value is -1.15. The average Bonchev–Trinajstić information content (AvgIpc) is 2.68. The van der Waals surface area contributed by atoms with E-state index in [0.717, 1.165) is 36.4 Å². The third-order valence-electron chi connectivity index (χ3n) is 6.65. The van der Waals surface area contributed by atoms with Gasteiger partial charge in [0.15, 0.2) is 0 Å². The zero-order valence-corrected chi connectivity index (χ0v) is 15.6. The summed E-state index contributed by atoms with van der Waals surface area (Å²) in [4.78, 5) is 0. The van der Waals surface area contributed by atoms with E-state index in [1.54, 1.807) is 13.2 Å². The quantitative estimate of drug-likeness (QED) is 0.552. The fourth-order valence-corrected chi connectivity index (χ4v) is 5.12. The second-order valence-corrected chi connectivity index (χ2v) is 8.16. The second kappa shape index (κ2) is 9.52. The summed E-state index contributed by atoms with van der Waals surface area (Å²) >= 11 is 0. The Morgan fingerprint density at radius 2 is 1.52 bits per heavy atom. The lowest BCUT2D eigenvalue weighted by atomic mass is 9.68. The Kier molecular flexibility index (Phi) is 7.10. The molecule has 3 rings (SSSR count). The first-order chi connectivity index (χ1) is 12.3. The molecule has 0 heterocycles. The van der Waals surface area contributed by atoms with Gasteiger partial charge in [0.2, 0.25) is 0 Å². The topological polar surface area (TPSA) is 9.23 Å². The lowest BCUT2D eigenvalue weighted by Crippen LogP contribution is -2.25. The van der Waals surface area contributed by atoms with Crippen molar-refractivity contribution in [1.82, 2.24) is 0 Å². The van der Waals surface area contributed by atoms with Gasteiger partial charge in [-0.05, 0) is 92.6 Å². The van der Waals surface area contributed by atoms with Crippen LogP contribution in [0, 0.1) is 17.8 Å². The molecule has 0 spiro atoms. The molecule has 0 N–H and O–H groups in total. The van der Waals surface area contributed by atoms with E-state index in [9.17, 15) is 4.39 Å². The van der Waals surface area contributed by atoms with Gasteiger partial charge in [0, 0.05) is 7.11 Å². The van der Waals surface area contributed by atoms with Crippen molar-refractivity contribution in [3.63, 3.8) is 0 Å². The monoisotopic (exact) mass is 344 g/mol. The van der Waals surface area contributed by atoms with Crippen LogP contribution in [-0.2, 0) is 11.3 Å². The summed E-state index contributed by atoms with van der Waals surface area (Å²) in [5, 5.41) is 0. The fraction of sp³-hybridized carbons (Fsp3) is 0.652. The number of rotatable bonds is 6. The number of hydrogen-bond donors (Lipinski definition) is 0. The van der Waals surface area contributed by atoms with Crippen LogP contribution in [0.3, 0.4) is 0 Å². The van der Waals surface area contributed by atoms with Gasteiger partial charge in [-0.1, -0.05) is 30.3 Å². The molecule has 2 aliphatic carbocycles. The Morgan fingerprint density at radius 3 is 2.08 bits per heavy atom. The van der Waals surface area contributed by atoms with Gasteiger partial charge in [-0.25, -0.2) is 4.39 Å². The van der Waals surface area contributed by atoms with Gasteiger partial charge < -0.3 is 4.74 Å². The lowest BCUT2D eigenvalue weighted by Gasteiger charge is -2.38. The number of hydrogen-bond acceptors (Lipinski definition) is 1. The van der Waals surface area contributed by atoms with Crippen molar-refractivity contribution < 1.29 is 9.13 Å². The fourth-order valence-electron chi connectivity index (χ4n) is 5.12. The molecule has 2 aliphatic rings. The molecule has 2 heteroatoms. The first kappa shape index (κ1) is 18.6. The van der Waals surface area contributed by atoms with Crippen LogP contribution in [0.25, 0.3) is 0 Å². The largest absolute Gasteiger partial charge is 0.380 e. The molecule has 25 heavy (non-hydrogen) atoms. The minimum atomic E-state index is 0.705. The molecule has 0 aromatic heterocycles. The minimum Gasteiger partial charge on any atom is -0.380 e. The van der Waals surface area contributed by atoms with E-state index in [2.05, 4.69) is 24.3 Å². The second-order valence-electron chi connectivity index (χ2n) is 8.16. The normalized spacial score (nSPS) is 30.6. The van der Waals surface area contributed by atoms with Crippen molar-refractivity contribution in [3.8, 4) is 0 Å². The Labute approximate surface area is 152 Å². The predicted octanol–water partition coefficient (Wildman–Crippen LogP) is 6.79. The molecule has 1 aromatic rings. The SMILES string of the molecule is COCc1ccc([C@H]2CC[C@H]([C@H]3CC[C@H](C/C=C/F)CC3)CC2)cc1. The van der Waals surface area contributed by atoms with Crippen LogP contribution in [0.15, 0.2) is 36.7 Å². The van der Waals surface area contributed by atoms with E-state index >= 15 is 0 Å². The third-order valence-corrected chi connectivity index (χ3v) is 6.65. The first-order valence-corrected chi connectivity index (χ1v) is 10.1. The Balaban J connectivity index is 1.44. The van der Waals surface area contributed by atoms with Crippen molar-refractivity contribution in [2.24, 2.45) is 17.8 Å². The van der Waals surface area contributed by atoms with E-state index in [1.807, 2.05) is 0 Å². The van der Waals surface area contributed by atoms with Gasteiger partial charge in [-0.15, -0.1) is 0 Å². The molecule has 0 saturated heterocycles. The highest BCUT2D eigenvalue weighted by molar-refractivity contribution is 5.25. The summed E-state index contributed by atoms with van der Waals surface area (Å²) in [5.74, 6) is 3.33. The Morgan fingerprint density at radius 1 is 0.920 bits per heavy atom. The molecular weight excluding hydrogens is 311 g/mol. The van der Waals surface area contributed by atoms with Crippen molar-refractivity contribution in [1.29, 1.82) is 0 Å².